The minimum Gasteiger partial charge on any atom is -0.369 e. The average molecular weight is 272 g/mol. The third-order valence-corrected chi connectivity index (χ3v) is 3.11. The van der Waals surface area contributed by atoms with Gasteiger partial charge in [-0.1, -0.05) is 11.6 Å². The number of nitrogens with one attached hydrogen (secondary N) is 2. The Morgan fingerprint density at radius 3 is 2.78 bits per heavy atom. The van der Waals surface area contributed by atoms with Gasteiger partial charge in [0.1, 0.15) is 10.8 Å². The van der Waals surface area contributed by atoms with Crippen molar-refractivity contribution in [2.45, 2.75) is 26.3 Å². The first-order chi connectivity index (χ1) is 8.54. The molecule has 0 aromatic carbocycles. The fraction of sp³-hybridized carbons (Fsp3) is 0.667. The first kappa shape index (κ1) is 15.0. The van der Waals surface area contributed by atoms with Gasteiger partial charge in [-0.25, -0.2) is 4.98 Å². The lowest BCUT2D eigenvalue weighted by Gasteiger charge is -2.20. The smallest absolute Gasteiger partial charge is 0.224 e. The fourth-order valence-electron chi connectivity index (χ4n) is 1.40. The Morgan fingerprint density at radius 2 is 2.17 bits per heavy atom. The van der Waals surface area contributed by atoms with Crippen molar-refractivity contribution in [3.05, 3.63) is 11.2 Å². The molecule has 0 atom stereocenters. The zero-order chi connectivity index (χ0) is 13.5. The SMILES string of the molecule is CNc1ncc(Cl)c(NCCCN(C)C(C)C)n1. The van der Waals surface area contributed by atoms with E-state index in [0.29, 0.717) is 22.8 Å². The second-order valence-electron chi connectivity index (χ2n) is 4.49. The van der Waals surface area contributed by atoms with E-state index in [9.17, 15) is 0 Å². The summed E-state index contributed by atoms with van der Waals surface area (Å²) < 4.78 is 0. The lowest BCUT2D eigenvalue weighted by Crippen LogP contribution is -2.28. The van der Waals surface area contributed by atoms with Crippen molar-refractivity contribution in [3.8, 4) is 0 Å². The number of rotatable bonds is 7. The van der Waals surface area contributed by atoms with E-state index in [1.807, 2.05) is 0 Å². The van der Waals surface area contributed by atoms with Crippen molar-refractivity contribution in [2.75, 3.05) is 37.8 Å². The zero-order valence-electron chi connectivity index (χ0n) is 11.5. The van der Waals surface area contributed by atoms with Gasteiger partial charge in [0.05, 0.1) is 6.20 Å². The summed E-state index contributed by atoms with van der Waals surface area (Å²) in [5, 5.41) is 6.67. The number of hydrogen-bond donors (Lipinski definition) is 2. The summed E-state index contributed by atoms with van der Waals surface area (Å²) in [5.74, 6) is 1.25. The molecule has 0 spiro atoms. The van der Waals surface area contributed by atoms with Gasteiger partial charge in [-0.15, -0.1) is 0 Å². The normalized spacial score (nSPS) is 11.1. The molecule has 0 aliphatic carbocycles. The van der Waals surface area contributed by atoms with Crippen LogP contribution in [0.1, 0.15) is 20.3 Å². The molecule has 0 amide bonds. The second-order valence-corrected chi connectivity index (χ2v) is 4.90. The monoisotopic (exact) mass is 271 g/mol. The Hall–Kier alpha value is -1.07. The van der Waals surface area contributed by atoms with Crippen molar-refractivity contribution >= 4 is 23.4 Å². The molecule has 5 nitrogen and oxygen atoms in total. The maximum Gasteiger partial charge on any atom is 0.224 e. The topological polar surface area (TPSA) is 53.1 Å². The van der Waals surface area contributed by atoms with Gasteiger partial charge < -0.3 is 15.5 Å². The van der Waals surface area contributed by atoms with E-state index in [1.165, 1.54) is 0 Å². The van der Waals surface area contributed by atoms with Crippen LogP contribution in [-0.4, -0.2) is 48.1 Å². The minimum atomic E-state index is 0.547. The van der Waals surface area contributed by atoms with Gasteiger partial charge in [0.2, 0.25) is 5.95 Å². The molecule has 102 valence electrons. The Labute approximate surface area is 114 Å². The number of anilines is 2. The van der Waals surface area contributed by atoms with Crippen LogP contribution in [0.25, 0.3) is 0 Å². The molecule has 18 heavy (non-hydrogen) atoms. The Kier molecular flexibility index (Phi) is 6.15. The average Bonchev–Trinajstić information content (AvgIpc) is 2.36. The quantitative estimate of drug-likeness (QED) is 0.746. The number of halogens is 1. The molecule has 2 N–H and O–H groups in total. The molecule has 1 aromatic heterocycles. The first-order valence-corrected chi connectivity index (χ1v) is 6.56. The van der Waals surface area contributed by atoms with Crippen LogP contribution in [0.15, 0.2) is 6.20 Å². The summed E-state index contributed by atoms with van der Waals surface area (Å²) >= 11 is 6.02. The van der Waals surface area contributed by atoms with Gasteiger partial charge in [0.25, 0.3) is 0 Å². The molecule has 0 saturated heterocycles. The van der Waals surface area contributed by atoms with Crippen molar-refractivity contribution in [2.24, 2.45) is 0 Å². The third-order valence-electron chi connectivity index (χ3n) is 2.83. The van der Waals surface area contributed by atoms with Crippen LogP contribution in [0.5, 0.6) is 0 Å². The van der Waals surface area contributed by atoms with Gasteiger partial charge in [-0.3, -0.25) is 0 Å². The molecule has 0 radical (unpaired) electrons. The first-order valence-electron chi connectivity index (χ1n) is 6.19. The van der Waals surface area contributed by atoms with Gasteiger partial charge in [-0.05, 0) is 33.9 Å². The van der Waals surface area contributed by atoms with Gasteiger partial charge in [0, 0.05) is 19.6 Å². The molecule has 0 bridgehead atoms. The highest BCUT2D eigenvalue weighted by atomic mass is 35.5. The summed E-state index contributed by atoms with van der Waals surface area (Å²) in [5.41, 5.74) is 0. The zero-order valence-corrected chi connectivity index (χ0v) is 12.3. The lowest BCUT2D eigenvalue weighted by atomic mass is 10.3. The largest absolute Gasteiger partial charge is 0.369 e. The van der Waals surface area contributed by atoms with Crippen LogP contribution in [0.4, 0.5) is 11.8 Å². The van der Waals surface area contributed by atoms with Crippen molar-refractivity contribution in [1.82, 2.24) is 14.9 Å². The van der Waals surface area contributed by atoms with E-state index in [2.05, 4.69) is 46.4 Å². The summed E-state index contributed by atoms with van der Waals surface area (Å²) in [6.07, 6.45) is 2.65. The highest BCUT2D eigenvalue weighted by Gasteiger charge is 2.05. The molecule has 1 rings (SSSR count). The highest BCUT2D eigenvalue weighted by Crippen LogP contribution is 2.18. The maximum absolute atomic E-state index is 6.02. The van der Waals surface area contributed by atoms with E-state index in [0.717, 1.165) is 19.5 Å². The minimum absolute atomic E-state index is 0.547. The fourth-order valence-corrected chi connectivity index (χ4v) is 1.56. The van der Waals surface area contributed by atoms with Crippen LogP contribution in [-0.2, 0) is 0 Å². The molecular formula is C12H22ClN5. The second kappa shape index (κ2) is 7.38. The predicted molar refractivity (Wildman–Crippen MR) is 77.5 cm³/mol. The standard InChI is InChI=1S/C12H22ClN5/c1-9(2)18(4)7-5-6-15-11-10(13)8-16-12(14-3)17-11/h8-9H,5-7H2,1-4H3,(H2,14,15,16,17). The van der Waals surface area contributed by atoms with Crippen molar-refractivity contribution < 1.29 is 0 Å². The molecule has 0 saturated carbocycles. The summed E-state index contributed by atoms with van der Waals surface area (Å²) in [6, 6.07) is 0.573. The number of aromatic nitrogens is 2. The third kappa shape index (κ3) is 4.66. The van der Waals surface area contributed by atoms with E-state index in [4.69, 9.17) is 11.6 Å². The van der Waals surface area contributed by atoms with E-state index in [-0.39, 0.29) is 0 Å². The molecule has 0 aliphatic rings. The highest BCUT2D eigenvalue weighted by molar-refractivity contribution is 6.32. The Balaban J connectivity index is 2.39. The van der Waals surface area contributed by atoms with Gasteiger partial charge in [-0.2, -0.15) is 4.98 Å². The van der Waals surface area contributed by atoms with Gasteiger partial charge in [0.15, 0.2) is 0 Å². The summed E-state index contributed by atoms with van der Waals surface area (Å²) in [4.78, 5) is 10.6. The maximum atomic E-state index is 6.02. The molecule has 1 aromatic rings. The number of nitrogens with zero attached hydrogens (tertiary/aromatic N) is 3. The van der Waals surface area contributed by atoms with Crippen LogP contribution >= 0.6 is 11.6 Å². The van der Waals surface area contributed by atoms with Crippen molar-refractivity contribution in [3.63, 3.8) is 0 Å². The molecule has 6 heteroatoms. The van der Waals surface area contributed by atoms with Gasteiger partial charge >= 0.3 is 0 Å². The predicted octanol–water partition coefficient (Wildman–Crippen LogP) is 2.31. The van der Waals surface area contributed by atoms with Crippen LogP contribution < -0.4 is 10.6 Å². The van der Waals surface area contributed by atoms with E-state index < -0.39 is 0 Å². The molecule has 0 unspecified atom stereocenters. The number of hydrogen-bond acceptors (Lipinski definition) is 5. The van der Waals surface area contributed by atoms with Crippen LogP contribution in [0.3, 0.4) is 0 Å². The van der Waals surface area contributed by atoms with Crippen molar-refractivity contribution in [1.29, 1.82) is 0 Å². The molecule has 0 aliphatic heterocycles. The lowest BCUT2D eigenvalue weighted by molar-refractivity contribution is 0.273. The Morgan fingerprint density at radius 1 is 1.44 bits per heavy atom. The van der Waals surface area contributed by atoms with Crippen LogP contribution in [0.2, 0.25) is 5.02 Å². The Bertz CT molecular complexity index is 369. The van der Waals surface area contributed by atoms with E-state index in [1.54, 1.807) is 13.2 Å². The van der Waals surface area contributed by atoms with Crippen LogP contribution in [0, 0.1) is 0 Å². The molecular weight excluding hydrogens is 250 g/mol. The molecule has 1 heterocycles. The summed E-state index contributed by atoms with van der Waals surface area (Å²) in [6.45, 7) is 6.27. The van der Waals surface area contributed by atoms with E-state index >= 15 is 0 Å². The molecule has 0 fully saturated rings. The summed E-state index contributed by atoms with van der Waals surface area (Å²) in [7, 11) is 3.91.